The fourth-order valence-corrected chi connectivity index (χ4v) is 6.05. The molecule has 2 aliphatic rings. The summed E-state index contributed by atoms with van der Waals surface area (Å²) in [5.74, 6) is -1.05. The van der Waals surface area contributed by atoms with Gasteiger partial charge in [-0.05, 0) is 0 Å². The van der Waals surface area contributed by atoms with Crippen molar-refractivity contribution in [2.45, 2.75) is 55.2 Å². The summed E-state index contributed by atoms with van der Waals surface area (Å²) in [4.78, 5) is 61.8. The second-order valence-electron chi connectivity index (χ2n) is 8.74. The number of phosphoric ester groups is 2. The van der Waals surface area contributed by atoms with Gasteiger partial charge >= 0.3 is 5.69 Å². The van der Waals surface area contributed by atoms with Crippen molar-refractivity contribution in [2.24, 2.45) is 0 Å². The number of phosphoric acid groups is 2. The van der Waals surface area contributed by atoms with Crippen molar-refractivity contribution < 1.29 is 72.1 Å². The number of nitrogens with one attached hydrogen (secondary N) is 2. The molecule has 0 bridgehead atoms. The Labute approximate surface area is 239 Å². The highest BCUT2D eigenvalue weighted by atomic mass is 35.5. The van der Waals surface area contributed by atoms with Crippen molar-refractivity contribution >= 4 is 33.2 Å². The van der Waals surface area contributed by atoms with Crippen LogP contribution in [0.2, 0.25) is 0 Å². The van der Waals surface area contributed by atoms with Crippen molar-refractivity contribution in [3.63, 3.8) is 0 Å². The molecule has 2 fully saturated rings. The molecule has 0 radical (unpaired) electrons. The molecule has 2 unspecified atom stereocenters. The highest BCUT2D eigenvalue weighted by Crippen LogP contribution is 2.57. The molecule has 2 saturated heterocycles. The van der Waals surface area contributed by atoms with Gasteiger partial charge in [-0.25, -0.2) is 9.11 Å². The summed E-state index contributed by atoms with van der Waals surface area (Å²) in [5.41, 5.74) is -1.80. The predicted octanol–water partition coefficient (Wildman–Crippen LogP) is -5.14. The SMILES string of the molecule is O=C(/C=C/CCl)N[C@H]1[C@@H](OP(=O)([O-])OP(=O)([O-])OC[C@H]2O[C@@H](n3ccc(=O)[nH]c3=O)[C@H](O)[C@@H]2O)O[C@H](CO)[C@@H](O)[C@@H]1O. The first-order valence-electron chi connectivity index (χ1n) is 11.7. The number of aromatic amines is 1. The van der Waals surface area contributed by atoms with Gasteiger partial charge in [-0.1, -0.05) is 6.08 Å². The molecular formula is C19H26ClN3O17P2-2. The van der Waals surface area contributed by atoms with Gasteiger partial charge in [-0.15, -0.1) is 11.6 Å². The van der Waals surface area contributed by atoms with Crippen molar-refractivity contribution in [3.8, 4) is 0 Å². The maximum atomic E-state index is 12.4. The average molecular weight is 666 g/mol. The average Bonchev–Trinajstić information content (AvgIpc) is 3.18. The number of nitrogens with zero attached hydrogens (tertiary/aromatic N) is 1. The van der Waals surface area contributed by atoms with Gasteiger partial charge in [0.15, 0.2) is 12.5 Å². The van der Waals surface area contributed by atoms with Gasteiger partial charge in [0.25, 0.3) is 21.2 Å². The number of aliphatic hydroxyl groups is 5. The third-order valence-corrected chi connectivity index (χ3v) is 8.55. The molecule has 0 aliphatic carbocycles. The van der Waals surface area contributed by atoms with E-state index in [0.29, 0.717) is 4.57 Å². The Morgan fingerprint density at radius 2 is 1.76 bits per heavy atom. The molecule has 0 saturated carbocycles. The molecule has 23 heteroatoms. The minimum Gasteiger partial charge on any atom is -0.756 e. The summed E-state index contributed by atoms with van der Waals surface area (Å²) in [5, 5.41) is 52.2. The lowest BCUT2D eigenvalue weighted by Crippen LogP contribution is -2.64. The number of ether oxygens (including phenoxy) is 2. The van der Waals surface area contributed by atoms with Crippen molar-refractivity contribution in [1.29, 1.82) is 0 Å². The van der Waals surface area contributed by atoms with Gasteiger partial charge in [0.1, 0.15) is 42.7 Å². The van der Waals surface area contributed by atoms with Crippen LogP contribution in [-0.2, 0) is 36.8 Å². The van der Waals surface area contributed by atoms with E-state index in [1.165, 1.54) is 6.08 Å². The third-order valence-electron chi connectivity index (χ3n) is 5.84. The molecule has 1 amide bonds. The number of aliphatic hydroxyl groups excluding tert-OH is 5. The molecule has 0 spiro atoms. The molecule has 42 heavy (non-hydrogen) atoms. The Hall–Kier alpha value is -1.84. The molecular weight excluding hydrogens is 640 g/mol. The highest BCUT2D eigenvalue weighted by Gasteiger charge is 2.48. The molecule has 7 N–H and O–H groups in total. The lowest BCUT2D eigenvalue weighted by atomic mass is 9.97. The number of alkyl halides is 1. The van der Waals surface area contributed by atoms with E-state index < -0.39 is 101 Å². The molecule has 238 valence electrons. The minimum absolute atomic E-state index is 0.0944. The molecule has 11 atom stereocenters. The van der Waals surface area contributed by atoms with Crippen LogP contribution >= 0.6 is 27.2 Å². The number of hydrogen-bond acceptors (Lipinski definition) is 17. The summed E-state index contributed by atoms with van der Waals surface area (Å²) in [6.45, 7) is -2.10. The molecule has 2 aliphatic heterocycles. The van der Waals surface area contributed by atoms with Crippen LogP contribution in [0.1, 0.15) is 6.23 Å². The van der Waals surface area contributed by atoms with Gasteiger partial charge in [0.2, 0.25) is 5.91 Å². The third kappa shape index (κ3) is 8.63. The van der Waals surface area contributed by atoms with Crippen LogP contribution in [0.5, 0.6) is 0 Å². The zero-order valence-electron chi connectivity index (χ0n) is 21.0. The van der Waals surface area contributed by atoms with Crippen molar-refractivity contribution in [1.82, 2.24) is 14.9 Å². The molecule has 20 nitrogen and oxygen atoms in total. The van der Waals surface area contributed by atoms with Crippen LogP contribution in [0, 0.1) is 0 Å². The number of carbonyl (C=O) groups is 1. The van der Waals surface area contributed by atoms with E-state index in [2.05, 4.69) is 18.7 Å². The second-order valence-corrected chi connectivity index (χ2v) is 12.0. The Bertz CT molecular complexity index is 1340. The van der Waals surface area contributed by atoms with E-state index in [0.717, 1.165) is 18.3 Å². The molecule has 3 rings (SSSR count). The van der Waals surface area contributed by atoms with Gasteiger partial charge in [-0.3, -0.25) is 32.8 Å². The standard InChI is InChI=1S/C19H28ClN3O17P2/c20-4-1-2-10(25)21-12-15(29)13(27)8(6-24)38-18(12)39-42(34,35)40-41(32,33)36-7-9-14(28)16(30)17(37-9)23-5-3-11(26)22-19(23)31/h1-3,5,8-9,12-18,24,27-30H,4,6-7H2,(H,21,25)(H,32,33)(H,34,35)(H,22,26,31)/p-2/b2-1+/t8-,9-,12-,13-,14-,15-,16-,17-,18-/m1/s1. The number of carbonyl (C=O) groups excluding carboxylic acids is 1. The summed E-state index contributed by atoms with van der Waals surface area (Å²) < 4.78 is 48.6. The van der Waals surface area contributed by atoms with E-state index in [1.54, 1.807) is 0 Å². The first kappa shape index (κ1) is 34.6. The topological polar surface area (TPSA) is 312 Å². The van der Waals surface area contributed by atoms with Crippen LogP contribution in [0.25, 0.3) is 0 Å². The number of hydrogen-bond donors (Lipinski definition) is 7. The Morgan fingerprint density at radius 3 is 2.38 bits per heavy atom. The van der Waals surface area contributed by atoms with Crippen LogP contribution in [-0.4, -0.2) is 109 Å². The number of aromatic nitrogens is 2. The zero-order chi connectivity index (χ0) is 31.4. The predicted molar refractivity (Wildman–Crippen MR) is 130 cm³/mol. The quantitative estimate of drug-likeness (QED) is 0.0623. The largest absolute Gasteiger partial charge is 0.756 e. The number of allylic oxidation sites excluding steroid dienone is 1. The molecule has 0 aromatic carbocycles. The summed E-state index contributed by atoms with van der Waals surface area (Å²) in [6.07, 6.45) is -11.6. The smallest absolute Gasteiger partial charge is 0.330 e. The Balaban J connectivity index is 1.67. The first-order chi connectivity index (χ1) is 19.6. The van der Waals surface area contributed by atoms with Crippen LogP contribution < -0.4 is 26.4 Å². The Kier molecular flexibility index (Phi) is 11.8. The maximum Gasteiger partial charge on any atom is 0.330 e. The molecule has 3 heterocycles. The van der Waals surface area contributed by atoms with Crippen molar-refractivity contribution in [2.75, 3.05) is 19.1 Å². The van der Waals surface area contributed by atoms with E-state index in [4.69, 9.17) is 21.1 Å². The monoisotopic (exact) mass is 665 g/mol. The summed E-state index contributed by atoms with van der Waals surface area (Å²) in [6, 6.07) is -0.936. The second kappa shape index (κ2) is 14.3. The molecule has 1 aromatic heterocycles. The number of halogens is 1. The van der Waals surface area contributed by atoms with Gasteiger partial charge in [-0.2, -0.15) is 0 Å². The van der Waals surface area contributed by atoms with Crippen molar-refractivity contribution in [3.05, 3.63) is 45.3 Å². The number of amides is 1. The normalized spacial score (nSPS) is 34.6. The lowest BCUT2D eigenvalue weighted by Gasteiger charge is -2.44. The molecule has 1 aromatic rings. The van der Waals surface area contributed by atoms with Gasteiger partial charge in [0.05, 0.1) is 13.2 Å². The van der Waals surface area contributed by atoms with Crippen LogP contribution in [0.3, 0.4) is 0 Å². The minimum atomic E-state index is -6.00. The van der Waals surface area contributed by atoms with Gasteiger partial charge < -0.3 is 54.6 Å². The van der Waals surface area contributed by atoms with Crippen LogP contribution in [0.4, 0.5) is 0 Å². The lowest BCUT2D eigenvalue weighted by molar-refractivity contribution is -0.284. The van der Waals surface area contributed by atoms with E-state index in [1.807, 2.05) is 4.98 Å². The van der Waals surface area contributed by atoms with Crippen LogP contribution in [0.15, 0.2) is 34.0 Å². The number of H-pyrrole nitrogens is 1. The summed E-state index contributed by atoms with van der Waals surface area (Å²) >= 11 is 5.43. The van der Waals surface area contributed by atoms with E-state index in [-0.39, 0.29) is 5.88 Å². The first-order valence-corrected chi connectivity index (χ1v) is 15.2. The Morgan fingerprint density at radius 1 is 1.10 bits per heavy atom. The van der Waals surface area contributed by atoms with E-state index in [9.17, 15) is 58.8 Å². The van der Waals surface area contributed by atoms with E-state index >= 15 is 0 Å². The zero-order valence-corrected chi connectivity index (χ0v) is 23.5. The fraction of sp³-hybridized carbons (Fsp3) is 0.632. The van der Waals surface area contributed by atoms with Gasteiger partial charge in [0, 0.05) is 24.2 Å². The highest BCUT2D eigenvalue weighted by molar-refractivity contribution is 7.59. The maximum absolute atomic E-state index is 12.4. The summed E-state index contributed by atoms with van der Waals surface area (Å²) in [7, 11) is -11.9. The number of rotatable bonds is 12. The fourth-order valence-electron chi connectivity index (χ4n) is 3.87.